The highest BCUT2D eigenvalue weighted by atomic mass is 16.6. The number of hydrogen-bond acceptors (Lipinski definition) is 5. The van der Waals surface area contributed by atoms with Gasteiger partial charge in [0.2, 0.25) is 5.91 Å². The monoisotopic (exact) mass is 561 g/mol. The van der Waals surface area contributed by atoms with Gasteiger partial charge in [0.25, 0.3) is 5.91 Å². The van der Waals surface area contributed by atoms with E-state index in [1.54, 1.807) is 39.8 Å². The first-order chi connectivity index (χ1) is 19.2. The Labute approximate surface area is 243 Å². The van der Waals surface area contributed by atoms with Crippen molar-refractivity contribution in [2.75, 3.05) is 5.32 Å². The lowest BCUT2D eigenvalue weighted by atomic mass is 9.97. The lowest BCUT2D eigenvalue weighted by Crippen LogP contribution is -2.54. The first kappa shape index (κ1) is 31.5. The van der Waals surface area contributed by atoms with E-state index in [0.717, 1.165) is 17.2 Å². The van der Waals surface area contributed by atoms with E-state index in [9.17, 15) is 19.5 Å². The zero-order valence-corrected chi connectivity index (χ0v) is 25.1. The number of fused-ring (bicyclic) bond motifs is 1. The van der Waals surface area contributed by atoms with Crippen molar-refractivity contribution in [1.29, 1.82) is 0 Å². The fraction of sp³-hybridized carbons (Fsp3) is 0.424. The van der Waals surface area contributed by atoms with Crippen molar-refractivity contribution in [2.24, 2.45) is 5.92 Å². The SMILES string of the molecule is CC(C)CCC(C)N(C(=O)C(C)NC(=O)OC(C)(C)C)C(C(=O)Nc1ccc2ccccc2c1)c1cccc(O)c1. The third kappa shape index (κ3) is 8.96. The Hall–Kier alpha value is -4.07. The van der Waals surface area contributed by atoms with Crippen molar-refractivity contribution >= 4 is 34.4 Å². The van der Waals surface area contributed by atoms with E-state index in [2.05, 4.69) is 24.5 Å². The van der Waals surface area contributed by atoms with Crippen LogP contribution in [-0.4, -0.2) is 45.6 Å². The van der Waals surface area contributed by atoms with Gasteiger partial charge in [-0.15, -0.1) is 0 Å². The molecule has 0 aromatic heterocycles. The van der Waals surface area contributed by atoms with Crippen molar-refractivity contribution in [3.8, 4) is 5.75 Å². The average Bonchev–Trinajstić information content (AvgIpc) is 2.88. The van der Waals surface area contributed by atoms with Gasteiger partial charge in [-0.1, -0.05) is 56.3 Å². The van der Waals surface area contributed by atoms with Gasteiger partial charge < -0.3 is 25.4 Å². The van der Waals surface area contributed by atoms with Crippen LogP contribution in [0.25, 0.3) is 10.8 Å². The van der Waals surface area contributed by atoms with Crippen molar-refractivity contribution in [2.45, 2.75) is 85.0 Å². The van der Waals surface area contributed by atoms with E-state index >= 15 is 0 Å². The fourth-order valence-electron chi connectivity index (χ4n) is 4.69. The molecule has 3 aromatic carbocycles. The van der Waals surface area contributed by atoms with Gasteiger partial charge in [-0.05, 0) is 94.0 Å². The summed E-state index contributed by atoms with van der Waals surface area (Å²) in [6.07, 6.45) is 0.751. The van der Waals surface area contributed by atoms with Crippen LogP contribution in [0.2, 0.25) is 0 Å². The Bertz CT molecular complexity index is 1360. The third-order valence-corrected chi connectivity index (χ3v) is 6.72. The molecule has 3 amide bonds. The van der Waals surface area contributed by atoms with Crippen LogP contribution in [0, 0.1) is 5.92 Å². The number of amides is 3. The molecule has 3 aromatic rings. The second kappa shape index (κ2) is 13.5. The first-order valence-corrected chi connectivity index (χ1v) is 14.2. The molecule has 3 unspecified atom stereocenters. The lowest BCUT2D eigenvalue weighted by molar-refractivity contribution is -0.143. The largest absolute Gasteiger partial charge is 0.508 e. The fourth-order valence-corrected chi connectivity index (χ4v) is 4.69. The van der Waals surface area contributed by atoms with Gasteiger partial charge in [0.1, 0.15) is 23.4 Å². The summed E-state index contributed by atoms with van der Waals surface area (Å²) in [7, 11) is 0. The highest BCUT2D eigenvalue weighted by molar-refractivity contribution is 6.00. The van der Waals surface area contributed by atoms with Crippen LogP contribution in [0.15, 0.2) is 66.7 Å². The molecule has 3 atom stereocenters. The second-order valence-corrected chi connectivity index (χ2v) is 12.0. The predicted octanol–water partition coefficient (Wildman–Crippen LogP) is 6.79. The van der Waals surface area contributed by atoms with Crippen LogP contribution in [-0.2, 0) is 14.3 Å². The molecule has 0 fully saturated rings. The Morgan fingerprint density at radius 2 is 1.56 bits per heavy atom. The normalized spacial score (nSPS) is 13.8. The van der Waals surface area contributed by atoms with Gasteiger partial charge in [0, 0.05) is 11.7 Å². The Kier molecular flexibility index (Phi) is 10.4. The van der Waals surface area contributed by atoms with Gasteiger partial charge in [-0.25, -0.2) is 4.79 Å². The number of phenolic OH excluding ortho intramolecular Hbond substituents is 1. The van der Waals surface area contributed by atoms with Gasteiger partial charge in [-0.3, -0.25) is 9.59 Å². The minimum absolute atomic E-state index is 0.0202. The molecule has 3 rings (SSSR count). The second-order valence-electron chi connectivity index (χ2n) is 12.0. The van der Waals surface area contributed by atoms with Crippen LogP contribution >= 0.6 is 0 Å². The molecule has 0 spiro atoms. The molecule has 3 N–H and O–H groups in total. The Morgan fingerprint density at radius 1 is 0.878 bits per heavy atom. The number of benzene rings is 3. The quantitative estimate of drug-likeness (QED) is 0.253. The molecule has 0 aliphatic carbocycles. The standard InChI is InChI=1S/C33H43N3O5/c1-21(2)15-16-22(3)36(31(39)23(4)34-32(40)41-33(5,6)7)29(26-13-10-14-28(37)20-26)30(38)35-27-18-17-24-11-8-9-12-25(24)19-27/h8-14,17-23,29,37H,15-16H2,1-7H3,(H,34,40)(H,35,38). The molecule has 0 heterocycles. The first-order valence-electron chi connectivity index (χ1n) is 14.2. The summed E-state index contributed by atoms with van der Waals surface area (Å²) in [6.45, 7) is 12.9. The predicted molar refractivity (Wildman–Crippen MR) is 163 cm³/mol. The summed E-state index contributed by atoms with van der Waals surface area (Å²) >= 11 is 0. The summed E-state index contributed by atoms with van der Waals surface area (Å²) in [5.41, 5.74) is 0.305. The molecule has 0 bridgehead atoms. The number of aromatic hydroxyl groups is 1. The van der Waals surface area contributed by atoms with Crippen molar-refractivity contribution in [1.82, 2.24) is 10.2 Å². The van der Waals surface area contributed by atoms with Crippen molar-refractivity contribution in [3.05, 3.63) is 72.3 Å². The highest BCUT2D eigenvalue weighted by Gasteiger charge is 2.37. The minimum atomic E-state index is -1.08. The van der Waals surface area contributed by atoms with E-state index in [1.807, 2.05) is 49.4 Å². The average molecular weight is 562 g/mol. The van der Waals surface area contributed by atoms with Gasteiger partial charge in [-0.2, -0.15) is 0 Å². The smallest absolute Gasteiger partial charge is 0.408 e. The summed E-state index contributed by atoms with van der Waals surface area (Å²) in [5.74, 6) is -0.500. The molecule has 0 aliphatic rings. The van der Waals surface area contributed by atoms with E-state index in [-0.39, 0.29) is 11.8 Å². The van der Waals surface area contributed by atoms with Crippen LogP contribution < -0.4 is 10.6 Å². The Morgan fingerprint density at radius 3 is 2.20 bits per heavy atom. The molecular formula is C33H43N3O5. The molecule has 8 nitrogen and oxygen atoms in total. The van der Waals surface area contributed by atoms with E-state index < -0.39 is 35.6 Å². The van der Waals surface area contributed by atoms with Crippen LogP contribution in [0.5, 0.6) is 5.75 Å². The third-order valence-electron chi connectivity index (χ3n) is 6.72. The van der Waals surface area contributed by atoms with E-state index in [4.69, 9.17) is 4.74 Å². The molecule has 0 radical (unpaired) electrons. The van der Waals surface area contributed by atoms with Crippen LogP contribution in [0.3, 0.4) is 0 Å². The van der Waals surface area contributed by atoms with Gasteiger partial charge in [0.15, 0.2) is 0 Å². The maximum absolute atomic E-state index is 14.1. The maximum atomic E-state index is 14.1. The number of carbonyl (C=O) groups excluding carboxylic acids is 3. The van der Waals surface area contributed by atoms with Crippen LogP contribution in [0.4, 0.5) is 10.5 Å². The number of phenols is 1. The molecule has 8 heteroatoms. The summed E-state index contributed by atoms with van der Waals surface area (Å²) in [4.78, 5) is 42.2. The number of alkyl carbamates (subject to hydrolysis) is 1. The highest BCUT2D eigenvalue weighted by Crippen LogP contribution is 2.31. The number of carbonyl (C=O) groups is 3. The molecular weight excluding hydrogens is 518 g/mol. The van der Waals surface area contributed by atoms with Gasteiger partial charge in [0.05, 0.1) is 0 Å². The molecule has 0 aliphatic heterocycles. The zero-order valence-electron chi connectivity index (χ0n) is 25.1. The van der Waals surface area contributed by atoms with Gasteiger partial charge >= 0.3 is 6.09 Å². The number of nitrogens with zero attached hydrogens (tertiary/aromatic N) is 1. The molecule has 0 saturated heterocycles. The number of anilines is 1. The number of hydrogen-bond donors (Lipinski definition) is 3. The van der Waals surface area contributed by atoms with E-state index in [1.165, 1.54) is 17.0 Å². The summed E-state index contributed by atoms with van der Waals surface area (Å²) in [5, 5.41) is 17.9. The van der Waals surface area contributed by atoms with Crippen molar-refractivity contribution < 1.29 is 24.2 Å². The zero-order chi connectivity index (χ0) is 30.3. The summed E-state index contributed by atoms with van der Waals surface area (Å²) in [6, 6.07) is 17.4. The van der Waals surface area contributed by atoms with Crippen molar-refractivity contribution in [3.63, 3.8) is 0 Å². The summed E-state index contributed by atoms with van der Waals surface area (Å²) < 4.78 is 5.37. The number of rotatable bonds is 10. The lowest BCUT2D eigenvalue weighted by Gasteiger charge is -2.38. The molecule has 41 heavy (non-hydrogen) atoms. The number of nitrogens with one attached hydrogen (secondary N) is 2. The minimum Gasteiger partial charge on any atom is -0.508 e. The maximum Gasteiger partial charge on any atom is 0.408 e. The van der Waals surface area contributed by atoms with Crippen LogP contribution in [0.1, 0.15) is 72.9 Å². The topological polar surface area (TPSA) is 108 Å². The Balaban J connectivity index is 2.02. The van der Waals surface area contributed by atoms with E-state index in [0.29, 0.717) is 23.6 Å². The number of ether oxygens (including phenoxy) is 1. The molecule has 0 saturated carbocycles. The molecule has 220 valence electrons.